The summed E-state index contributed by atoms with van der Waals surface area (Å²) >= 11 is 1.83. The zero-order valence-electron chi connectivity index (χ0n) is 12.2. The van der Waals surface area contributed by atoms with Gasteiger partial charge < -0.3 is 15.1 Å². The maximum atomic E-state index is 4.38. The molecule has 1 N–H and O–H groups in total. The van der Waals surface area contributed by atoms with Crippen LogP contribution in [0.2, 0.25) is 0 Å². The van der Waals surface area contributed by atoms with Crippen molar-refractivity contribution in [1.29, 1.82) is 0 Å². The van der Waals surface area contributed by atoms with Crippen molar-refractivity contribution in [2.24, 2.45) is 0 Å². The molecule has 1 aliphatic rings. The van der Waals surface area contributed by atoms with Crippen LogP contribution in [0, 0.1) is 0 Å². The van der Waals surface area contributed by atoms with Gasteiger partial charge in [-0.2, -0.15) is 0 Å². The van der Waals surface area contributed by atoms with Gasteiger partial charge in [-0.25, -0.2) is 4.98 Å². The first kappa shape index (κ1) is 14.9. The molecule has 0 amide bonds. The predicted molar refractivity (Wildman–Crippen MR) is 81.8 cm³/mol. The van der Waals surface area contributed by atoms with Crippen LogP contribution in [0.15, 0.2) is 6.20 Å². The molecule has 0 aliphatic carbocycles. The third-order valence-corrected chi connectivity index (χ3v) is 4.77. The highest BCUT2D eigenvalue weighted by Gasteiger charge is 2.12. The van der Waals surface area contributed by atoms with Crippen LogP contribution in [-0.4, -0.2) is 61.1 Å². The molecule has 2 heterocycles. The highest BCUT2D eigenvalue weighted by atomic mass is 32.1. The molecule has 2 rings (SSSR count). The van der Waals surface area contributed by atoms with E-state index in [1.807, 2.05) is 17.5 Å². The van der Waals surface area contributed by atoms with Crippen molar-refractivity contribution in [1.82, 2.24) is 20.1 Å². The molecule has 0 atom stereocenters. The number of hydrogen-bond acceptors (Lipinski definition) is 5. The average Bonchev–Trinajstić information content (AvgIpc) is 2.88. The van der Waals surface area contributed by atoms with Gasteiger partial charge in [0, 0.05) is 43.8 Å². The molecule has 1 saturated heterocycles. The van der Waals surface area contributed by atoms with Crippen LogP contribution in [0.5, 0.6) is 0 Å². The van der Waals surface area contributed by atoms with E-state index in [1.54, 1.807) is 0 Å². The summed E-state index contributed by atoms with van der Waals surface area (Å²) in [6.45, 7) is 10.3. The van der Waals surface area contributed by atoms with E-state index < -0.39 is 0 Å². The predicted octanol–water partition coefficient (Wildman–Crippen LogP) is 1.43. The van der Waals surface area contributed by atoms with Gasteiger partial charge in [0.05, 0.1) is 5.01 Å². The highest BCUT2D eigenvalue weighted by molar-refractivity contribution is 7.11. The number of nitrogens with one attached hydrogen (secondary N) is 1. The molecule has 0 radical (unpaired) electrons. The van der Waals surface area contributed by atoms with Crippen molar-refractivity contribution in [2.75, 3.05) is 46.3 Å². The summed E-state index contributed by atoms with van der Waals surface area (Å²) < 4.78 is 0. The molecule has 1 aromatic heterocycles. The van der Waals surface area contributed by atoms with Crippen molar-refractivity contribution >= 4 is 11.3 Å². The number of likely N-dealkylation sites (N-methyl/N-ethyl adjacent to an activating group) is 1. The topological polar surface area (TPSA) is 31.4 Å². The molecule has 0 saturated carbocycles. The maximum Gasteiger partial charge on any atom is 0.0925 e. The molecule has 108 valence electrons. The lowest BCUT2D eigenvalue weighted by molar-refractivity contribution is 0.153. The van der Waals surface area contributed by atoms with Gasteiger partial charge in [-0.1, -0.05) is 6.92 Å². The summed E-state index contributed by atoms with van der Waals surface area (Å²) in [7, 11) is 2.21. The molecule has 1 aliphatic heterocycles. The molecule has 0 unspecified atom stereocenters. The van der Waals surface area contributed by atoms with Crippen LogP contribution < -0.4 is 5.32 Å². The van der Waals surface area contributed by atoms with Crippen LogP contribution in [0.4, 0.5) is 0 Å². The van der Waals surface area contributed by atoms with E-state index in [0.717, 1.165) is 19.5 Å². The zero-order valence-corrected chi connectivity index (χ0v) is 13.0. The molecule has 4 nitrogen and oxygen atoms in total. The monoisotopic (exact) mass is 282 g/mol. The Morgan fingerprint density at radius 2 is 2.11 bits per heavy atom. The number of thiazole rings is 1. The number of hydrogen-bond donors (Lipinski definition) is 1. The second-order valence-corrected chi connectivity index (χ2v) is 6.45. The van der Waals surface area contributed by atoms with Gasteiger partial charge in [-0.3, -0.25) is 0 Å². The van der Waals surface area contributed by atoms with Crippen LogP contribution >= 0.6 is 11.3 Å². The highest BCUT2D eigenvalue weighted by Crippen LogP contribution is 2.12. The van der Waals surface area contributed by atoms with E-state index in [0.29, 0.717) is 0 Å². The number of aromatic nitrogens is 1. The molecular formula is C14H26N4S. The Hall–Kier alpha value is -0.490. The molecule has 0 spiro atoms. The lowest BCUT2D eigenvalue weighted by Gasteiger charge is -2.32. The number of aryl methyl sites for hydroxylation is 1. The number of nitrogens with zero attached hydrogens (tertiary/aromatic N) is 3. The van der Waals surface area contributed by atoms with Crippen molar-refractivity contribution in [3.63, 3.8) is 0 Å². The van der Waals surface area contributed by atoms with Gasteiger partial charge in [0.2, 0.25) is 0 Å². The van der Waals surface area contributed by atoms with Crippen LogP contribution in [0.1, 0.15) is 23.2 Å². The Bertz CT molecular complexity index is 358. The van der Waals surface area contributed by atoms with Gasteiger partial charge in [0.25, 0.3) is 0 Å². The largest absolute Gasteiger partial charge is 0.312 e. The lowest BCUT2D eigenvalue weighted by atomic mass is 10.3. The molecule has 0 aromatic carbocycles. The van der Waals surface area contributed by atoms with Crippen LogP contribution in [0.3, 0.4) is 0 Å². The van der Waals surface area contributed by atoms with Gasteiger partial charge in [0.15, 0.2) is 0 Å². The maximum absolute atomic E-state index is 4.38. The van der Waals surface area contributed by atoms with Crippen molar-refractivity contribution in [3.05, 3.63) is 16.1 Å². The molecule has 1 aromatic rings. The van der Waals surface area contributed by atoms with Gasteiger partial charge in [-0.05, 0) is 33.0 Å². The summed E-state index contributed by atoms with van der Waals surface area (Å²) in [6.07, 6.45) is 4.30. The lowest BCUT2D eigenvalue weighted by Crippen LogP contribution is -2.45. The Labute approximate surface area is 120 Å². The van der Waals surface area contributed by atoms with E-state index >= 15 is 0 Å². The second kappa shape index (κ2) is 7.94. The summed E-state index contributed by atoms with van der Waals surface area (Å²) in [5.74, 6) is 0. The molecule has 19 heavy (non-hydrogen) atoms. The quantitative estimate of drug-likeness (QED) is 0.767. The van der Waals surface area contributed by atoms with Crippen LogP contribution in [-0.2, 0) is 13.0 Å². The van der Waals surface area contributed by atoms with Gasteiger partial charge >= 0.3 is 0 Å². The Morgan fingerprint density at radius 1 is 1.32 bits per heavy atom. The van der Waals surface area contributed by atoms with Gasteiger partial charge in [-0.15, -0.1) is 11.3 Å². The number of piperazine rings is 1. The van der Waals surface area contributed by atoms with Crippen molar-refractivity contribution < 1.29 is 0 Å². The SMILES string of the molecule is CCc1ncc(CNCCCN2CCN(C)CC2)s1. The first-order valence-corrected chi connectivity index (χ1v) is 8.14. The first-order valence-electron chi connectivity index (χ1n) is 7.33. The zero-order chi connectivity index (χ0) is 13.5. The van der Waals surface area contributed by atoms with Crippen molar-refractivity contribution in [2.45, 2.75) is 26.3 Å². The van der Waals surface area contributed by atoms with E-state index in [9.17, 15) is 0 Å². The molecule has 1 fully saturated rings. The second-order valence-electron chi connectivity index (χ2n) is 5.25. The Balaban J connectivity index is 1.52. The Morgan fingerprint density at radius 3 is 2.79 bits per heavy atom. The van der Waals surface area contributed by atoms with E-state index in [-0.39, 0.29) is 0 Å². The van der Waals surface area contributed by atoms with E-state index in [1.165, 1.54) is 49.0 Å². The van der Waals surface area contributed by atoms with Crippen molar-refractivity contribution in [3.8, 4) is 0 Å². The minimum absolute atomic E-state index is 0.973. The minimum Gasteiger partial charge on any atom is -0.312 e. The summed E-state index contributed by atoms with van der Waals surface area (Å²) in [6, 6.07) is 0. The van der Waals surface area contributed by atoms with Gasteiger partial charge in [0.1, 0.15) is 0 Å². The summed E-state index contributed by atoms with van der Waals surface area (Å²) in [4.78, 5) is 10.7. The normalized spacial score (nSPS) is 18.0. The smallest absolute Gasteiger partial charge is 0.0925 e. The third-order valence-electron chi connectivity index (χ3n) is 3.63. The third kappa shape index (κ3) is 5.18. The standard InChI is InChI=1S/C14H26N4S/c1-3-14-16-12-13(19-14)11-15-5-4-6-18-9-7-17(2)8-10-18/h12,15H,3-11H2,1-2H3. The van der Waals surface area contributed by atoms with E-state index in [4.69, 9.17) is 0 Å². The molecular weight excluding hydrogens is 256 g/mol. The fraction of sp³-hybridized carbons (Fsp3) is 0.786. The Kier molecular flexibility index (Phi) is 6.23. The average molecular weight is 282 g/mol. The van der Waals surface area contributed by atoms with Crippen LogP contribution in [0.25, 0.3) is 0 Å². The number of rotatable bonds is 7. The summed E-state index contributed by atoms with van der Waals surface area (Å²) in [5, 5.41) is 4.77. The molecule has 5 heteroatoms. The minimum atomic E-state index is 0.973. The first-order chi connectivity index (χ1) is 9.28. The molecule has 0 bridgehead atoms. The fourth-order valence-corrected chi connectivity index (χ4v) is 3.14. The summed E-state index contributed by atoms with van der Waals surface area (Å²) in [5.41, 5.74) is 0. The fourth-order valence-electron chi connectivity index (χ4n) is 2.30. The van der Waals surface area contributed by atoms with E-state index in [2.05, 4.69) is 34.1 Å².